The van der Waals surface area contributed by atoms with Crippen LogP contribution in [0.5, 0.6) is 5.75 Å². The lowest BCUT2D eigenvalue weighted by molar-refractivity contribution is -0.0503. The topological polar surface area (TPSA) is 73.7 Å². The Morgan fingerprint density at radius 2 is 1.94 bits per heavy atom. The van der Waals surface area contributed by atoms with Gasteiger partial charge < -0.3 is 14.0 Å². The summed E-state index contributed by atoms with van der Waals surface area (Å²) in [4.78, 5) is 5.00. The van der Waals surface area contributed by atoms with Crippen molar-refractivity contribution in [2.45, 2.75) is 60.7 Å². The highest BCUT2D eigenvalue weighted by Gasteiger charge is 2.28. The van der Waals surface area contributed by atoms with Crippen molar-refractivity contribution in [3.63, 3.8) is 0 Å². The first-order valence-corrected chi connectivity index (χ1v) is 14.1. The monoisotopic (exact) mass is 523 g/mol. The van der Waals surface area contributed by atoms with Gasteiger partial charge in [0, 0.05) is 31.0 Å². The second-order valence-corrected chi connectivity index (χ2v) is 11.6. The van der Waals surface area contributed by atoms with Crippen molar-refractivity contribution in [2.75, 3.05) is 19.7 Å². The van der Waals surface area contributed by atoms with E-state index in [2.05, 4.69) is 4.74 Å². The molecule has 0 spiro atoms. The van der Waals surface area contributed by atoms with Gasteiger partial charge in [0.05, 0.1) is 28.6 Å². The molecule has 0 saturated carbocycles. The smallest absolute Gasteiger partial charge is 0.387 e. The second kappa shape index (κ2) is 10.4. The Morgan fingerprint density at radius 1 is 1.14 bits per heavy atom. The molecule has 1 aromatic heterocycles. The Hall–Kier alpha value is -2.21. The van der Waals surface area contributed by atoms with E-state index in [1.54, 1.807) is 36.4 Å². The van der Waals surface area contributed by atoms with Crippen molar-refractivity contribution >= 4 is 32.8 Å². The van der Waals surface area contributed by atoms with Gasteiger partial charge in [0.15, 0.2) is 5.16 Å². The van der Waals surface area contributed by atoms with Crippen LogP contribution in [0.1, 0.15) is 31.2 Å². The number of hydrogen-bond acceptors (Lipinski definition) is 6. The van der Waals surface area contributed by atoms with Gasteiger partial charge in [-0.3, -0.25) is 0 Å². The van der Waals surface area contributed by atoms with Gasteiger partial charge in [0.1, 0.15) is 5.75 Å². The molecule has 3 aromatic rings. The fourth-order valence-corrected chi connectivity index (χ4v) is 7.13. The minimum absolute atomic E-state index is 0.0502. The third kappa shape index (κ3) is 5.32. The maximum absolute atomic E-state index is 13.1. The molecule has 0 aliphatic carbocycles. The van der Waals surface area contributed by atoms with Crippen LogP contribution in [0.2, 0.25) is 0 Å². The maximum Gasteiger partial charge on any atom is 0.387 e. The first kappa shape index (κ1) is 24.5. The number of sulfonamides is 1. The summed E-state index contributed by atoms with van der Waals surface area (Å²) in [5.74, 6) is 0.507. The second-order valence-electron chi connectivity index (χ2n) is 8.68. The summed E-state index contributed by atoms with van der Waals surface area (Å²) >= 11 is 1.40. The van der Waals surface area contributed by atoms with Gasteiger partial charge in [-0.15, -0.1) is 0 Å². The van der Waals surface area contributed by atoms with Crippen LogP contribution in [0.25, 0.3) is 11.0 Å². The van der Waals surface area contributed by atoms with Crippen LogP contribution in [0.4, 0.5) is 8.78 Å². The lowest BCUT2D eigenvalue weighted by Gasteiger charge is -2.16. The molecule has 2 aliphatic heterocycles. The number of fused-ring (bicyclic) bond motifs is 1. The standard InChI is InChI=1S/C24H27F2N3O4S2/c25-23(26)33-22-8-2-1-6-17(22)16-34-24-27-20-14-19(35(30,31)28-11-3-4-12-28)9-10-21(20)29(24)15-18-7-5-13-32-18/h1-2,6,8-10,14,18,23H,3-5,7,11-13,15-16H2/t18-/m1/s1. The van der Waals surface area contributed by atoms with Crippen molar-refractivity contribution in [1.29, 1.82) is 0 Å². The highest BCUT2D eigenvalue weighted by molar-refractivity contribution is 7.98. The number of halogens is 2. The Morgan fingerprint density at radius 3 is 2.69 bits per heavy atom. The van der Waals surface area contributed by atoms with E-state index in [4.69, 9.17) is 9.72 Å². The van der Waals surface area contributed by atoms with E-state index in [0.29, 0.717) is 41.6 Å². The molecule has 0 radical (unpaired) electrons. The molecule has 7 nitrogen and oxygen atoms in total. The van der Waals surface area contributed by atoms with E-state index in [1.807, 2.05) is 4.57 Å². The fraction of sp³-hybridized carbons (Fsp3) is 0.458. The summed E-state index contributed by atoms with van der Waals surface area (Å²) < 4.78 is 65.9. The number of rotatable bonds is 9. The van der Waals surface area contributed by atoms with Crippen LogP contribution in [0.15, 0.2) is 52.5 Å². The van der Waals surface area contributed by atoms with Crippen LogP contribution in [-0.4, -0.2) is 54.7 Å². The van der Waals surface area contributed by atoms with Gasteiger partial charge in [0.25, 0.3) is 0 Å². The number of nitrogens with zero attached hydrogens (tertiary/aromatic N) is 3. The first-order chi connectivity index (χ1) is 16.9. The maximum atomic E-state index is 13.1. The molecule has 2 fully saturated rings. The summed E-state index contributed by atoms with van der Waals surface area (Å²) in [7, 11) is -3.56. The molecule has 3 heterocycles. The van der Waals surface area contributed by atoms with E-state index in [0.717, 1.165) is 37.8 Å². The lowest BCUT2D eigenvalue weighted by atomic mass is 10.2. The van der Waals surface area contributed by atoms with Gasteiger partial charge in [-0.25, -0.2) is 13.4 Å². The van der Waals surface area contributed by atoms with Gasteiger partial charge in [-0.05, 0) is 49.9 Å². The molecular formula is C24H27F2N3O4S2. The van der Waals surface area contributed by atoms with Crippen molar-refractivity contribution in [1.82, 2.24) is 13.9 Å². The summed E-state index contributed by atoms with van der Waals surface area (Å²) in [6, 6.07) is 11.8. The molecule has 11 heteroatoms. The number of imidazole rings is 1. The molecule has 1 atom stereocenters. The number of alkyl halides is 2. The minimum Gasteiger partial charge on any atom is -0.435 e. The number of para-hydroxylation sites is 1. The van der Waals surface area contributed by atoms with E-state index >= 15 is 0 Å². The highest BCUT2D eigenvalue weighted by atomic mass is 32.2. The van der Waals surface area contributed by atoms with Gasteiger partial charge in [0.2, 0.25) is 10.0 Å². The zero-order valence-corrected chi connectivity index (χ0v) is 20.7. The van der Waals surface area contributed by atoms with Crippen molar-refractivity contribution in [2.24, 2.45) is 0 Å². The molecule has 2 aliphatic rings. The van der Waals surface area contributed by atoms with E-state index < -0.39 is 16.6 Å². The van der Waals surface area contributed by atoms with Crippen molar-refractivity contribution < 1.29 is 26.7 Å². The number of aromatic nitrogens is 2. The molecule has 0 N–H and O–H groups in total. The normalized spacial score (nSPS) is 19.2. The largest absolute Gasteiger partial charge is 0.435 e. The number of benzene rings is 2. The summed E-state index contributed by atoms with van der Waals surface area (Å²) in [6.45, 7) is -0.520. The summed E-state index contributed by atoms with van der Waals surface area (Å²) in [5.41, 5.74) is 2.04. The molecule has 2 aromatic carbocycles. The van der Waals surface area contributed by atoms with Gasteiger partial charge in [-0.1, -0.05) is 30.0 Å². The van der Waals surface area contributed by atoms with Crippen molar-refractivity contribution in [3.05, 3.63) is 48.0 Å². The Labute approximate surface area is 207 Å². The number of ether oxygens (including phenoxy) is 2. The van der Waals surface area contributed by atoms with Crippen LogP contribution in [-0.2, 0) is 27.1 Å². The predicted molar refractivity (Wildman–Crippen MR) is 129 cm³/mol. The quantitative estimate of drug-likeness (QED) is 0.372. The predicted octanol–water partition coefficient (Wildman–Crippen LogP) is 4.89. The Balaban J connectivity index is 1.47. The zero-order chi connectivity index (χ0) is 24.4. The number of thioether (sulfide) groups is 1. The fourth-order valence-electron chi connectivity index (χ4n) is 4.58. The number of hydrogen-bond donors (Lipinski definition) is 0. The average Bonchev–Trinajstić information content (AvgIpc) is 3.60. The molecule has 188 valence electrons. The van der Waals surface area contributed by atoms with Gasteiger partial charge >= 0.3 is 6.61 Å². The third-order valence-corrected chi connectivity index (χ3v) is 9.26. The molecule has 2 saturated heterocycles. The summed E-state index contributed by atoms with van der Waals surface area (Å²) in [6.07, 6.45) is 3.73. The molecule has 0 unspecified atom stereocenters. The van der Waals surface area contributed by atoms with Gasteiger partial charge in [-0.2, -0.15) is 13.1 Å². The zero-order valence-electron chi connectivity index (χ0n) is 19.1. The van der Waals surface area contributed by atoms with E-state index in [-0.39, 0.29) is 16.7 Å². The van der Waals surface area contributed by atoms with E-state index in [1.165, 1.54) is 22.1 Å². The highest BCUT2D eigenvalue weighted by Crippen LogP contribution is 2.33. The SMILES string of the molecule is O=S(=O)(c1ccc2c(c1)nc(SCc1ccccc1OC(F)F)n2C[C@H]1CCCO1)N1CCCC1. The van der Waals surface area contributed by atoms with E-state index in [9.17, 15) is 17.2 Å². The first-order valence-electron chi connectivity index (χ1n) is 11.7. The van der Waals surface area contributed by atoms with Crippen LogP contribution < -0.4 is 4.74 Å². The average molecular weight is 524 g/mol. The van der Waals surface area contributed by atoms with Crippen LogP contribution in [0, 0.1) is 0 Å². The molecule has 0 bridgehead atoms. The molecule has 5 rings (SSSR count). The minimum atomic E-state index is -3.56. The third-order valence-electron chi connectivity index (χ3n) is 6.34. The van der Waals surface area contributed by atoms with Crippen molar-refractivity contribution in [3.8, 4) is 5.75 Å². The Bertz CT molecular complexity index is 1290. The molecular weight excluding hydrogens is 496 g/mol. The van der Waals surface area contributed by atoms with Crippen LogP contribution >= 0.6 is 11.8 Å². The lowest BCUT2D eigenvalue weighted by Crippen LogP contribution is -2.27. The van der Waals surface area contributed by atoms with Crippen LogP contribution in [0.3, 0.4) is 0 Å². The summed E-state index contributed by atoms with van der Waals surface area (Å²) in [5, 5.41) is 0.679. The Kier molecular flexibility index (Phi) is 7.29. The molecule has 35 heavy (non-hydrogen) atoms. The molecule has 0 amide bonds.